The summed E-state index contributed by atoms with van der Waals surface area (Å²) < 4.78 is 0. The van der Waals surface area contributed by atoms with Gasteiger partial charge in [0.1, 0.15) is 5.01 Å². The van der Waals surface area contributed by atoms with Crippen LogP contribution in [0.2, 0.25) is 0 Å². The van der Waals surface area contributed by atoms with E-state index in [0.29, 0.717) is 11.1 Å². The first-order chi connectivity index (χ1) is 10.1. The number of aliphatic carboxylic acids is 1. The number of nitrogens with one attached hydrogen (secondary N) is 1. The summed E-state index contributed by atoms with van der Waals surface area (Å²) in [5.41, 5.74) is 0.915. The first-order valence-electron chi connectivity index (χ1n) is 6.12. The van der Waals surface area contributed by atoms with Crippen LogP contribution in [0, 0.1) is 0 Å². The van der Waals surface area contributed by atoms with Crippen LogP contribution in [-0.2, 0) is 4.79 Å². The van der Waals surface area contributed by atoms with Crippen LogP contribution in [0.3, 0.4) is 0 Å². The predicted octanol–water partition coefficient (Wildman–Crippen LogP) is 2.13. The molecule has 21 heavy (non-hydrogen) atoms. The van der Waals surface area contributed by atoms with E-state index >= 15 is 0 Å². The summed E-state index contributed by atoms with van der Waals surface area (Å²) in [5, 5.41) is 14.1. The van der Waals surface area contributed by atoms with Crippen LogP contribution < -0.4 is 5.32 Å². The highest BCUT2D eigenvalue weighted by atomic mass is 32.1. The lowest BCUT2D eigenvalue weighted by Gasteiger charge is -2.11. The van der Waals surface area contributed by atoms with Crippen molar-refractivity contribution in [1.29, 1.82) is 0 Å². The average Bonchev–Trinajstić information content (AvgIpc) is 2.99. The van der Waals surface area contributed by atoms with Gasteiger partial charge in [0.05, 0.1) is 11.6 Å². The maximum absolute atomic E-state index is 12.1. The minimum absolute atomic E-state index is 0.198. The van der Waals surface area contributed by atoms with Gasteiger partial charge < -0.3 is 10.4 Å². The van der Waals surface area contributed by atoms with E-state index in [2.05, 4.69) is 15.3 Å². The molecule has 0 aliphatic rings. The Balaban J connectivity index is 2.09. The Hall–Kier alpha value is -2.54. The molecule has 1 atom stereocenters. The molecule has 0 aliphatic heterocycles. The molecule has 2 aromatic rings. The van der Waals surface area contributed by atoms with Gasteiger partial charge in [-0.1, -0.05) is 0 Å². The van der Waals surface area contributed by atoms with Crippen LogP contribution in [0.25, 0.3) is 6.08 Å². The third-order valence-corrected chi connectivity index (χ3v) is 3.57. The van der Waals surface area contributed by atoms with Crippen molar-refractivity contribution in [3.63, 3.8) is 0 Å². The number of carbonyl (C=O) groups is 2. The lowest BCUT2D eigenvalue weighted by Crippen LogP contribution is -2.26. The molecular formula is C14H13N3O3S. The van der Waals surface area contributed by atoms with Gasteiger partial charge in [-0.15, -0.1) is 11.3 Å². The molecule has 0 aromatic carbocycles. The summed E-state index contributed by atoms with van der Waals surface area (Å²) >= 11 is 1.46. The van der Waals surface area contributed by atoms with Crippen molar-refractivity contribution >= 4 is 29.3 Å². The number of nitrogens with zero attached hydrogens (tertiary/aromatic N) is 2. The summed E-state index contributed by atoms with van der Waals surface area (Å²) in [5.74, 6) is -1.34. The maximum atomic E-state index is 12.1. The summed E-state index contributed by atoms with van der Waals surface area (Å²) in [6, 6.07) is 1.38. The zero-order valence-electron chi connectivity index (χ0n) is 11.2. The number of hydrogen-bond donors (Lipinski definition) is 2. The molecule has 2 N–H and O–H groups in total. The highest BCUT2D eigenvalue weighted by Gasteiger charge is 2.13. The Morgan fingerprint density at radius 1 is 1.43 bits per heavy atom. The summed E-state index contributed by atoms with van der Waals surface area (Å²) in [6.45, 7) is 1.85. The van der Waals surface area contributed by atoms with E-state index in [1.807, 2.05) is 12.3 Å². The smallest absolute Gasteiger partial charge is 0.328 e. The quantitative estimate of drug-likeness (QED) is 0.825. The Morgan fingerprint density at radius 3 is 2.90 bits per heavy atom. The molecule has 0 bridgehead atoms. The summed E-state index contributed by atoms with van der Waals surface area (Å²) in [4.78, 5) is 30.7. The van der Waals surface area contributed by atoms with Gasteiger partial charge in [-0.05, 0) is 24.6 Å². The van der Waals surface area contributed by atoms with Crippen LogP contribution in [0.1, 0.15) is 33.9 Å². The van der Waals surface area contributed by atoms with Crippen LogP contribution >= 0.6 is 11.3 Å². The van der Waals surface area contributed by atoms with E-state index in [-0.39, 0.29) is 11.9 Å². The standard InChI is InChI=1S/C14H13N3O3S/c1-9(14-16-4-5-21-14)17-13(20)11-6-10(7-15-8-11)2-3-12(18)19/h2-9H,1H3,(H,17,20)(H,18,19). The number of thiazole rings is 1. The van der Waals surface area contributed by atoms with Crippen molar-refractivity contribution in [3.05, 3.63) is 52.2 Å². The monoisotopic (exact) mass is 303 g/mol. The van der Waals surface area contributed by atoms with Crippen molar-refractivity contribution in [3.8, 4) is 0 Å². The second-order valence-corrected chi connectivity index (χ2v) is 5.17. The van der Waals surface area contributed by atoms with Gasteiger partial charge in [-0.2, -0.15) is 0 Å². The van der Waals surface area contributed by atoms with Gasteiger partial charge in [0, 0.05) is 30.0 Å². The molecule has 2 rings (SSSR count). The Bertz CT molecular complexity index is 668. The number of carboxylic acids is 1. The summed E-state index contributed by atoms with van der Waals surface area (Å²) in [7, 11) is 0. The molecule has 7 heteroatoms. The maximum Gasteiger partial charge on any atom is 0.328 e. The topological polar surface area (TPSA) is 92.2 Å². The number of rotatable bonds is 5. The van der Waals surface area contributed by atoms with Crippen molar-refractivity contribution in [2.75, 3.05) is 0 Å². The normalized spacial score (nSPS) is 12.2. The lowest BCUT2D eigenvalue weighted by atomic mass is 10.1. The Morgan fingerprint density at radius 2 is 2.24 bits per heavy atom. The van der Waals surface area contributed by atoms with Gasteiger partial charge >= 0.3 is 5.97 Å². The highest BCUT2D eigenvalue weighted by Crippen LogP contribution is 2.15. The predicted molar refractivity (Wildman–Crippen MR) is 78.9 cm³/mol. The third kappa shape index (κ3) is 4.22. The first-order valence-corrected chi connectivity index (χ1v) is 7.00. The fraction of sp³-hybridized carbons (Fsp3) is 0.143. The average molecular weight is 303 g/mol. The minimum atomic E-state index is -1.05. The second-order valence-electron chi connectivity index (χ2n) is 4.24. The highest BCUT2D eigenvalue weighted by molar-refractivity contribution is 7.09. The number of amides is 1. The molecule has 0 fully saturated rings. The molecule has 0 spiro atoms. The number of carboxylic acid groups (broad SMARTS) is 1. The molecule has 108 valence electrons. The molecule has 2 aromatic heterocycles. The minimum Gasteiger partial charge on any atom is -0.478 e. The van der Waals surface area contributed by atoms with E-state index in [0.717, 1.165) is 11.1 Å². The molecule has 2 heterocycles. The molecule has 0 saturated carbocycles. The van der Waals surface area contributed by atoms with E-state index in [1.54, 1.807) is 12.3 Å². The fourth-order valence-corrected chi connectivity index (χ4v) is 2.28. The third-order valence-electron chi connectivity index (χ3n) is 2.61. The van der Waals surface area contributed by atoms with Crippen molar-refractivity contribution in [2.24, 2.45) is 0 Å². The van der Waals surface area contributed by atoms with Gasteiger partial charge in [-0.3, -0.25) is 9.78 Å². The molecule has 1 unspecified atom stereocenters. The number of hydrogen-bond acceptors (Lipinski definition) is 5. The van der Waals surface area contributed by atoms with Crippen LogP contribution in [0.15, 0.2) is 36.1 Å². The zero-order valence-corrected chi connectivity index (χ0v) is 12.0. The zero-order chi connectivity index (χ0) is 15.2. The Kier molecular flexibility index (Phi) is 4.78. The molecule has 6 nitrogen and oxygen atoms in total. The lowest BCUT2D eigenvalue weighted by molar-refractivity contribution is -0.131. The number of pyridine rings is 1. The van der Waals surface area contributed by atoms with Gasteiger partial charge in [0.25, 0.3) is 5.91 Å². The molecular weight excluding hydrogens is 290 g/mol. The van der Waals surface area contributed by atoms with E-state index in [9.17, 15) is 9.59 Å². The van der Waals surface area contributed by atoms with Crippen LogP contribution in [0.4, 0.5) is 0 Å². The van der Waals surface area contributed by atoms with E-state index < -0.39 is 5.97 Å². The van der Waals surface area contributed by atoms with E-state index in [4.69, 9.17) is 5.11 Å². The number of carbonyl (C=O) groups excluding carboxylic acids is 1. The van der Waals surface area contributed by atoms with Crippen LogP contribution in [0.5, 0.6) is 0 Å². The molecule has 1 amide bonds. The SMILES string of the molecule is CC(NC(=O)c1cncc(C=CC(=O)O)c1)c1nccs1. The van der Waals surface area contributed by atoms with Crippen molar-refractivity contribution < 1.29 is 14.7 Å². The molecule has 0 radical (unpaired) electrons. The molecule has 0 aliphatic carbocycles. The Labute approximate surface area is 125 Å². The summed E-state index contributed by atoms with van der Waals surface area (Å²) in [6.07, 6.45) is 6.98. The van der Waals surface area contributed by atoms with Crippen molar-refractivity contribution in [1.82, 2.24) is 15.3 Å². The van der Waals surface area contributed by atoms with Gasteiger partial charge in [-0.25, -0.2) is 9.78 Å². The van der Waals surface area contributed by atoms with Gasteiger partial charge in [0.2, 0.25) is 0 Å². The van der Waals surface area contributed by atoms with Crippen molar-refractivity contribution in [2.45, 2.75) is 13.0 Å². The largest absolute Gasteiger partial charge is 0.478 e. The first kappa shape index (κ1) is 14.9. The fourth-order valence-electron chi connectivity index (χ4n) is 1.63. The van der Waals surface area contributed by atoms with E-state index in [1.165, 1.54) is 29.8 Å². The van der Waals surface area contributed by atoms with Crippen LogP contribution in [-0.4, -0.2) is 27.0 Å². The molecule has 0 saturated heterocycles. The van der Waals surface area contributed by atoms with Gasteiger partial charge in [0.15, 0.2) is 0 Å². The number of aromatic nitrogens is 2. The second kappa shape index (κ2) is 6.76.